The fourth-order valence-corrected chi connectivity index (χ4v) is 2.14. The summed E-state index contributed by atoms with van der Waals surface area (Å²) in [5.41, 5.74) is 0. The van der Waals surface area contributed by atoms with Crippen molar-refractivity contribution in [1.29, 1.82) is 0 Å². The number of alkyl halides is 1. The Hall–Kier alpha value is -0.880. The van der Waals surface area contributed by atoms with Crippen LogP contribution in [0, 0.1) is 0 Å². The molecule has 21 heavy (non-hydrogen) atoms. The molecule has 2 N–H and O–H groups in total. The van der Waals surface area contributed by atoms with E-state index in [1.807, 2.05) is 0 Å². The lowest BCUT2D eigenvalue weighted by Gasteiger charge is -2.17. The van der Waals surface area contributed by atoms with E-state index in [1.54, 1.807) is 0 Å². The largest absolute Gasteiger partial charge is 0.492 e. The molecule has 116 valence electrons. The van der Waals surface area contributed by atoms with Gasteiger partial charge < -0.3 is 14.9 Å². The van der Waals surface area contributed by atoms with Crippen LogP contribution in [0.5, 0.6) is 5.75 Å². The van der Waals surface area contributed by atoms with Crippen LogP contribution in [0.3, 0.4) is 0 Å². The highest BCUT2D eigenvalue weighted by molar-refractivity contribution is 6.44. The van der Waals surface area contributed by atoms with Crippen molar-refractivity contribution < 1.29 is 24.5 Å². The van der Waals surface area contributed by atoms with Gasteiger partial charge in [0, 0.05) is 6.07 Å². The highest BCUT2D eigenvalue weighted by Crippen LogP contribution is 2.34. The van der Waals surface area contributed by atoms with Gasteiger partial charge in [0.25, 0.3) is 0 Å². The Morgan fingerprint density at radius 2 is 1.57 bits per heavy atom. The number of ether oxygens (including phenoxy) is 1. The summed E-state index contributed by atoms with van der Waals surface area (Å²) in [6.07, 6.45) is -0.211. The molecule has 0 fully saturated rings. The quantitative estimate of drug-likeness (QED) is 0.326. The molecule has 0 spiro atoms. The van der Waals surface area contributed by atoms with Crippen molar-refractivity contribution in [3.63, 3.8) is 0 Å². The molecule has 0 heterocycles. The van der Waals surface area contributed by atoms with Crippen molar-refractivity contribution in [1.82, 2.24) is 0 Å². The van der Waals surface area contributed by atoms with E-state index >= 15 is 0 Å². The fraction of sp³-hybridized carbons (Fsp3) is 0.333. The number of hydrogen-bond donors (Lipinski definition) is 2. The summed E-state index contributed by atoms with van der Waals surface area (Å²) in [5, 5.41) is 18.4. The summed E-state index contributed by atoms with van der Waals surface area (Å²) in [6.45, 7) is 0.0205. The predicted molar refractivity (Wildman–Crippen MR) is 80.1 cm³/mol. The van der Waals surface area contributed by atoms with E-state index in [0.717, 1.165) is 0 Å². The van der Waals surface area contributed by atoms with Crippen LogP contribution in [0.2, 0.25) is 15.1 Å². The molecule has 1 aromatic carbocycles. The monoisotopic (exact) mass is 374 g/mol. The van der Waals surface area contributed by atoms with Gasteiger partial charge in [-0.05, 0) is 18.9 Å². The van der Waals surface area contributed by atoms with E-state index < -0.39 is 16.8 Å². The molecule has 0 saturated heterocycles. The van der Waals surface area contributed by atoms with Crippen LogP contribution in [0.15, 0.2) is 12.1 Å². The van der Waals surface area contributed by atoms with Gasteiger partial charge in [-0.3, -0.25) is 0 Å². The molecule has 1 aromatic rings. The first-order chi connectivity index (χ1) is 9.68. The molecule has 0 aliphatic carbocycles. The molecule has 0 aromatic heterocycles. The van der Waals surface area contributed by atoms with Crippen LogP contribution < -0.4 is 4.74 Å². The van der Waals surface area contributed by atoms with Crippen LogP contribution >= 0.6 is 46.4 Å². The van der Waals surface area contributed by atoms with Crippen LogP contribution in [0.4, 0.5) is 0 Å². The number of carboxylic acids is 2. The Labute approximate surface area is 140 Å². The van der Waals surface area contributed by atoms with Gasteiger partial charge in [-0.2, -0.15) is 0 Å². The van der Waals surface area contributed by atoms with Crippen LogP contribution in [0.1, 0.15) is 12.8 Å². The van der Waals surface area contributed by atoms with Crippen molar-refractivity contribution >= 4 is 58.3 Å². The summed E-state index contributed by atoms with van der Waals surface area (Å²) in [7, 11) is 0. The lowest BCUT2D eigenvalue weighted by Crippen LogP contribution is -2.41. The minimum atomic E-state index is -2.37. The van der Waals surface area contributed by atoms with Crippen molar-refractivity contribution in [2.75, 3.05) is 6.61 Å². The van der Waals surface area contributed by atoms with Crippen LogP contribution in [-0.4, -0.2) is 33.6 Å². The molecule has 0 aliphatic heterocycles. The van der Waals surface area contributed by atoms with Gasteiger partial charge in [-0.1, -0.05) is 46.4 Å². The first-order valence-electron chi connectivity index (χ1n) is 5.61. The fourth-order valence-electron chi connectivity index (χ4n) is 1.42. The van der Waals surface area contributed by atoms with Gasteiger partial charge in [0.05, 0.1) is 21.7 Å². The summed E-state index contributed by atoms with van der Waals surface area (Å²) in [5.74, 6) is -2.98. The van der Waals surface area contributed by atoms with Gasteiger partial charge in [0.1, 0.15) is 5.75 Å². The number of carboxylic acid groups (broad SMARTS) is 2. The van der Waals surface area contributed by atoms with Gasteiger partial charge >= 0.3 is 11.9 Å². The molecular weight excluding hydrogens is 366 g/mol. The Bertz CT molecular complexity index is 547. The number of aliphatic carboxylic acids is 2. The maximum Gasteiger partial charge on any atom is 0.336 e. The molecule has 0 saturated carbocycles. The number of benzene rings is 1. The number of carbonyl (C=O) groups is 2. The zero-order valence-electron chi connectivity index (χ0n) is 10.4. The number of halogens is 4. The smallest absolute Gasteiger partial charge is 0.336 e. The Balaban J connectivity index is 2.60. The average molecular weight is 376 g/mol. The molecule has 0 amide bonds. The minimum Gasteiger partial charge on any atom is -0.492 e. The van der Waals surface area contributed by atoms with Crippen molar-refractivity contribution in [2.24, 2.45) is 0 Å². The molecule has 5 nitrogen and oxygen atoms in total. The van der Waals surface area contributed by atoms with Crippen molar-refractivity contribution in [3.8, 4) is 5.75 Å². The van der Waals surface area contributed by atoms with E-state index in [0.29, 0.717) is 0 Å². The second kappa shape index (κ2) is 7.40. The third kappa shape index (κ3) is 4.54. The summed E-state index contributed by atoms with van der Waals surface area (Å²) < 4.78 is 5.31. The van der Waals surface area contributed by atoms with E-state index in [9.17, 15) is 9.59 Å². The standard InChI is InChI=1S/C12H10Cl4O5/c13-6-4-8(15)9(5-7(6)14)21-3-1-2-12(16,10(17)18)11(19)20/h4-5H,1-3H2,(H,17,18)(H,19,20). The highest BCUT2D eigenvalue weighted by atomic mass is 35.5. The van der Waals surface area contributed by atoms with Crippen LogP contribution in [0.25, 0.3) is 0 Å². The van der Waals surface area contributed by atoms with Gasteiger partial charge in [-0.25, -0.2) is 9.59 Å². The molecule has 9 heteroatoms. The zero-order valence-corrected chi connectivity index (χ0v) is 13.4. The molecular formula is C12H10Cl4O5. The van der Waals surface area contributed by atoms with Crippen molar-refractivity contribution in [3.05, 3.63) is 27.2 Å². The first-order valence-corrected chi connectivity index (χ1v) is 7.12. The zero-order chi connectivity index (χ0) is 16.2. The molecule has 0 bridgehead atoms. The van der Waals surface area contributed by atoms with Gasteiger partial charge in [0.2, 0.25) is 4.87 Å². The Morgan fingerprint density at radius 3 is 2.10 bits per heavy atom. The van der Waals surface area contributed by atoms with E-state index in [-0.39, 0.29) is 40.3 Å². The number of hydrogen-bond acceptors (Lipinski definition) is 3. The lowest BCUT2D eigenvalue weighted by molar-refractivity contribution is -0.152. The second-order valence-corrected chi connectivity index (χ2v) is 5.93. The normalized spacial score (nSPS) is 11.2. The molecule has 0 radical (unpaired) electrons. The molecule has 0 aliphatic rings. The predicted octanol–water partition coefficient (Wildman–Crippen LogP) is 3.95. The van der Waals surface area contributed by atoms with Crippen LogP contribution in [-0.2, 0) is 9.59 Å². The van der Waals surface area contributed by atoms with E-state index in [4.69, 9.17) is 61.4 Å². The second-order valence-electron chi connectivity index (χ2n) is 4.06. The van der Waals surface area contributed by atoms with Crippen molar-refractivity contribution in [2.45, 2.75) is 17.7 Å². The maximum absolute atomic E-state index is 10.9. The lowest BCUT2D eigenvalue weighted by atomic mass is 10.0. The topological polar surface area (TPSA) is 83.8 Å². The minimum absolute atomic E-state index is 0.0205. The molecule has 1 rings (SSSR count). The van der Waals surface area contributed by atoms with Gasteiger partial charge in [0.15, 0.2) is 0 Å². The van der Waals surface area contributed by atoms with Gasteiger partial charge in [-0.15, -0.1) is 0 Å². The number of rotatable bonds is 7. The SMILES string of the molecule is O=C(O)C(Cl)(CCCOc1cc(Cl)c(Cl)cc1Cl)C(=O)O. The van der Waals surface area contributed by atoms with E-state index in [1.165, 1.54) is 12.1 Å². The highest BCUT2D eigenvalue weighted by Gasteiger charge is 2.44. The third-order valence-corrected chi connectivity index (χ3v) is 4.11. The average Bonchev–Trinajstić information content (AvgIpc) is 2.39. The Morgan fingerprint density at radius 1 is 1.05 bits per heavy atom. The maximum atomic E-state index is 10.9. The first kappa shape index (κ1) is 18.2. The molecule has 0 atom stereocenters. The summed E-state index contributed by atoms with van der Waals surface area (Å²) >= 11 is 23.0. The summed E-state index contributed by atoms with van der Waals surface area (Å²) in [6, 6.07) is 2.82. The Kier molecular flexibility index (Phi) is 6.41. The third-order valence-electron chi connectivity index (χ3n) is 2.58. The van der Waals surface area contributed by atoms with E-state index in [2.05, 4.69) is 0 Å². The summed E-state index contributed by atoms with van der Waals surface area (Å²) in [4.78, 5) is 19.3. The molecule has 0 unspecified atom stereocenters.